The highest BCUT2D eigenvalue weighted by Gasteiger charge is 2.35. The summed E-state index contributed by atoms with van der Waals surface area (Å²) in [5.74, 6) is 0. The monoisotopic (exact) mass is 169 g/mol. The van der Waals surface area contributed by atoms with E-state index in [4.69, 9.17) is 0 Å². The number of hydrogen-bond acceptors (Lipinski definition) is 2. The van der Waals surface area contributed by atoms with E-state index in [2.05, 4.69) is 11.8 Å². The number of rotatable bonds is 1. The van der Waals surface area contributed by atoms with Crippen molar-refractivity contribution in [3.63, 3.8) is 0 Å². The summed E-state index contributed by atoms with van der Waals surface area (Å²) in [4.78, 5) is 2.48. The highest BCUT2D eigenvalue weighted by Crippen LogP contribution is 2.29. The van der Waals surface area contributed by atoms with E-state index in [1.54, 1.807) is 0 Å². The van der Waals surface area contributed by atoms with Gasteiger partial charge in [0.25, 0.3) is 0 Å². The average molecular weight is 169 g/mol. The van der Waals surface area contributed by atoms with Gasteiger partial charge in [-0.15, -0.1) is 0 Å². The van der Waals surface area contributed by atoms with Gasteiger partial charge in [-0.05, 0) is 26.2 Å². The summed E-state index contributed by atoms with van der Waals surface area (Å²) in [5, 5.41) is 9.78. The molecule has 12 heavy (non-hydrogen) atoms. The van der Waals surface area contributed by atoms with Crippen LogP contribution in [0.5, 0.6) is 0 Å². The first-order valence-corrected chi connectivity index (χ1v) is 5.23. The molecule has 1 N–H and O–H groups in total. The van der Waals surface area contributed by atoms with Crippen LogP contribution in [0, 0.1) is 0 Å². The Bertz CT molecular complexity index is 160. The van der Waals surface area contributed by atoms with Crippen molar-refractivity contribution in [2.45, 2.75) is 57.2 Å². The van der Waals surface area contributed by atoms with E-state index < -0.39 is 0 Å². The highest BCUT2D eigenvalue weighted by molar-refractivity contribution is 4.90. The first kappa shape index (κ1) is 8.52. The van der Waals surface area contributed by atoms with Crippen molar-refractivity contribution in [3.05, 3.63) is 0 Å². The second-order valence-electron chi connectivity index (χ2n) is 4.29. The standard InChI is InChI=1S/C10H19NO/c1-8-6-7-11(8)9-4-2-3-5-10(9)12/h8-10,12H,2-7H2,1H3. The molecule has 0 bridgehead atoms. The van der Waals surface area contributed by atoms with Gasteiger partial charge in [0.15, 0.2) is 0 Å². The van der Waals surface area contributed by atoms with Crippen molar-refractivity contribution in [2.24, 2.45) is 0 Å². The predicted molar refractivity (Wildman–Crippen MR) is 49.0 cm³/mol. The third-order valence-corrected chi connectivity index (χ3v) is 3.49. The zero-order chi connectivity index (χ0) is 8.55. The fourth-order valence-corrected chi connectivity index (χ4v) is 2.51. The molecule has 1 saturated heterocycles. The molecular formula is C10H19NO. The SMILES string of the molecule is CC1CCN1C1CCCCC1O. The molecule has 0 amide bonds. The fraction of sp³-hybridized carbons (Fsp3) is 1.00. The number of aliphatic hydroxyl groups excluding tert-OH is 1. The number of likely N-dealkylation sites (tertiary alicyclic amines) is 1. The van der Waals surface area contributed by atoms with Crippen LogP contribution in [0.2, 0.25) is 0 Å². The van der Waals surface area contributed by atoms with Crippen LogP contribution in [0.25, 0.3) is 0 Å². The molecule has 0 aromatic heterocycles. The maximum atomic E-state index is 9.78. The van der Waals surface area contributed by atoms with Gasteiger partial charge in [0.05, 0.1) is 6.10 Å². The molecule has 1 heterocycles. The van der Waals surface area contributed by atoms with Crippen LogP contribution in [0.15, 0.2) is 0 Å². The van der Waals surface area contributed by atoms with Crippen molar-refractivity contribution in [3.8, 4) is 0 Å². The van der Waals surface area contributed by atoms with Crippen molar-refractivity contribution >= 4 is 0 Å². The Labute approximate surface area is 74.6 Å². The van der Waals surface area contributed by atoms with Gasteiger partial charge in [-0.1, -0.05) is 12.8 Å². The zero-order valence-electron chi connectivity index (χ0n) is 7.87. The van der Waals surface area contributed by atoms with Gasteiger partial charge in [0.1, 0.15) is 0 Å². The van der Waals surface area contributed by atoms with Gasteiger partial charge in [-0.3, -0.25) is 4.90 Å². The zero-order valence-corrected chi connectivity index (χ0v) is 7.87. The van der Waals surface area contributed by atoms with Crippen LogP contribution in [0.4, 0.5) is 0 Å². The van der Waals surface area contributed by atoms with Crippen LogP contribution in [-0.2, 0) is 0 Å². The maximum Gasteiger partial charge on any atom is 0.0695 e. The quantitative estimate of drug-likeness (QED) is 0.641. The van der Waals surface area contributed by atoms with E-state index in [0.717, 1.165) is 12.5 Å². The molecule has 0 spiro atoms. The van der Waals surface area contributed by atoms with Gasteiger partial charge in [0.2, 0.25) is 0 Å². The Morgan fingerprint density at radius 3 is 2.42 bits per heavy atom. The Hall–Kier alpha value is -0.0800. The van der Waals surface area contributed by atoms with Crippen molar-refractivity contribution in [1.29, 1.82) is 0 Å². The molecule has 2 aliphatic rings. The maximum absolute atomic E-state index is 9.78. The topological polar surface area (TPSA) is 23.5 Å². The minimum atomic E-state index is -0.0403. The largest absolute Gasteiger partial charge is 0.391 e. The molecule has 0 aromatic rings. The molecule has 2 nitrogen and oxygen atoms in total. The molecule has 1 aliphatic heterocycles. The summed E-state index contributed by atoms with van der Waals surface area (Å²) >= 11 is 0. The summed E-state index contributed by atoms with van der Waals surface area (Å²) in [6, 6.07) is 1.21. The van der Waals surface area contributed by atoms with Crippen LogP contribution >= 0.6 is 0 Å². The molecule has 2 heteroatoms. The van der Waals surface area contributed by atoms with Crippen molar-refractivity contribution in [1.82, 2.24) is 4.90 Å². The number of hydrogen-bond donors (Lipinski definition) is 1. The molecule has 1 saturated carbocycles. The van der Waals surface area contributed by atoms with Crippen LogP contribution in [-0.4, -0.2) is 34.7 Å². The summed E-state index contributed by atoms with van der Waals surface area (Å²) in [7, 11) is 0. The predicted octanol–water partition coefficient (Wildman–Crippen LogP) is 1.38. The molecule has 3 atom stereocenters. The summed E-state index contributed by atoms with van der Waals surface area (Å²) in [6.07, 6.45) is 6.05. The smallest absolute Gasteiger partial charge is 0.0695 e. The Balaban J connectivity index is 1.92. The van der Waals surface area contributed by atoms with Crippen molar-refractivity contribution in [2.75, 3.05) is 6.54 Å². The van der Waals surface area contributed by atoms with Gasteiger partial charge in [0, 0.05) is 18.6 Å². The van der Waals surface area contributed by atoms with Crippen LogP contribution < -0.4 is 0 Å². The minimum Gasteiger partial charge on any atom is -0.391 e. The van der Waals surface area contributed by atoms with Crippen LogP contribution in [0.3, 0.4) is 0 Å². The second-order valence-corrected chi connectivity index (χ2v) is 4.29. The molecule has 1 aliphatic carbocycles. The van der Waals surface area contributed by atoms with Gasteiger partial charge < -0.3 is 5.11 Å². The van der Waals surface area contributed by atoms with Gasteiger partial charge >= 0.3 is 0 Å². The summed E-state index contributed by atoms with van der Waals surface area (Å²) < 4.78 is 0. The lowest BCUT2D eigenvalue weighted by Crippen LogP contribution is -2.56. The number of nitrogens with zero attached hydrogens (tertiary/aromatic N) is 1. The first-order valence-electron chi connectivity index (χ1n) is 5.23. The number of aliphatic hydroxyl groups is 1. The van der Waals surface area contributed by atoms with Crippen LogP contribution in [0.1, 0.15) is 39.0 Å². The molecule has 3 unspecified atom stereocenters. The molecule has 2 fully saturated rings. The van der Waals surface area contributed by atoms with E-state index in [1.165, 1.54) is 32.2 Å². The normalized spacial score (nSPS) is 44.0. The van der Waals surface area contributed by atoms with E-state index in [1.807, 2.05) is 0 Å². The van der Waals surface area contributed by atoms with E-state index >= 15 is 0 Å². The third kappa shape index (κ3) is 1.38. The fourth-order valence-electron chi connectivity index (χ4n) is 2.51. The average Bonchev–Trinajstić information content (AvgIpc) is 2.06. The van der Waals surface area contributed by atoms with E-state index in [0.29, 0.717) is 6.04 Å². The van der Waals surface area contributed by atoms with E-state index in [9.17, 15) is 5.11 Å². The van der Waals surface area contributed by atoms with Gasteiger partial charge in [-0.2, -0.15) is 0 Å². The minimum absolute atomic E-state index is 0.0403. The Kier molecular flexibility index (Phi) is 2.37. The van der Waals surface area contributed by atoms with E-state index in [-0.39, 0.29) is 6.10 Å². The second kappa shape index (κ2) is 3.35. The molecule has 0 aromatic carbocycles. The Morgan fingerprint density at radius 1 is 1.17 bits per heavy atom. The van der Waals surface area contributed by atoms with Gasteiger partial charge in [-0.25, -0.2) is 0 Å². The lowest BCUT2D eigenvalue weighted by Gasteiger charge is -2.47. The molecule has 70 valence electrons. The molecular weight excluding hydrogens is 150 g/mol. The summed E-state index contributed by atoms with van der Waals surface area (Å²) in [5.41, 5.74) is 0. The third-order valence-electron chi connectivity index (χ3n) is 3.49. The lowest BCUT2D eigenvalue weighted by atomic mass is 9.87. The Morgan fingerprint density at radius 2 is 1.92 bits per heavy atom. The first-order chi connectivity index (χ1) is 5.79. The lowest BCUT2D eigenvalue weighted by molar-refractivity contribution is -0.0386. The molecule has 0 radical (unpaired) electrons. The van der Waals surface area contributed by atoms with Crippen molar-refractivity contribution < 1.29 is 5.11 Å². The summed E-state index contributed by atoms with van der Waals surface area (Å²) in [6.45, 7) is 3.48. The highest BCUT2D eigenvalue weighted by atomic mass is 16.3. The molecule has 2 rings (SSSR count).